The smallest absolute Gasteiger partial charge is 0.264 e. The zero-order valence-corrected chi connectivity index (χ0v) is 6.96. The number of hydrogen-bond donors (Lipinski definition) is 0. The van der Waals surface area contributed by atoms with E-state index in [4.69, 9.17) is 14.7 Å². The van der Waals surface area contributed by atoms with Gasteiger partial charge in [0.15, 0.2) is 11.5 Å². The Hall–Kier alpha value is -1.83. The molecule has 0 aromatic heterocycles. The van der Waals surface area contributed by atoms with E-state index in [-0.39, 0.29) is 29.4 Å². The van der Waals surface area contributed by atoms with E-state index >= 15 is 0 Å². The molecule has 1 aromatic rings. The quantitative estimate of drug-likeness (QED) is 0.693. The summed E-state index contributed by atoms with van der Waals surface area (Å²) in [6.07, 6.45) is -2.61. The molecule has 0 unspecified atom stereocenters. The van der Waals surface area contributed by atoms with Gasteiger partial charge in [0.05, 0.1) is 5.56 Å². The van der Waals surface area contributed by atoms with E-state index < -0.39 is 6.43 Å². The van der Waals surface area contributed by atoms with Crippen molar-refractivity contribution < 1.29 is 18.3 Å². The van der Waals surface area contributed by atoms with Gasteiger partial charge in [0.25, 0.3) is 6.43 Å². The fraction of sp³-hybridized carbons (Fsp3) is 0.222. The van der Waals surface area contributed by atoms with Crippen LogP contribution in [0.2, 0.25) is 0 Å². The van der Waals surface area contributed by atoms with Crippen molar-refractivity contribution in [3.8, 4) is 17.6 Å². The van der Waals surface area contributed by atoms with Crippen molar-refractivity contribution in [2.75, 3.05) is 6.79 Å². The van der Waals surface area contributed by atoms with Crippen molar-refractivity contribution in [1.82, 2.24) is 0 Å². The molecule has 0 amide bonds. The third-order valence-corrected chi connectivity index (χ3v) is 1.87. The molecule has 1 aromatic carbocycles. The van der Waals surface area contributed by atoms with E-state index in [0.717, 1.165) is 6.07 Å². The summed E-state index contributed by atoms with van der Waals surface area (Å²) in [4.78, 5) is 0. The van der Waals surface area contributed by atoms with Crippen molar-refractivity contribution in [2.24, 2.45) is 0 Å². The molecule has 0 aliphatic carbocycles. The van der Waals surface area contributed by atoms with Gasteiger partial charge in [0.2, 0.25) is 6.79 Å². The molecule has 1 aliphatic rings. The predicted molar refractivity (Wildman–Crippen MR) is 42.2 cm³/mol. The van der Waals surface area contributed by atoms with Crippen LogP contribution in [0.15, 0.2) is 12.1 Å². The highest BCUT2D eigenvalue weighted by Gasteiger charge is 2.21. The topological polar surface area (TPSA) is 42.2 Å². The van der Waals surface area contributed by atoms with Gasteiger partial charge in [-0.15, -0.1) is 0 Å². The molecular weight excluding hydrogens is 192 g/mol. The molecule has 0 spiro atoms. The summed E-state index contributed by atoms with van der Waals surface area (Å²) in [7, 11) is 0. The number of hydrogen-bond acceptors (Lipinski definition) is 3. The SMILES string of the molecule is N#Cc1cc(C(F)F)cc2c1OCO2. The molecule has 5 heteroatoms. The van der Waals surface area contributed by atoms with Crippen molar-refractivity contribution in [2.45, 2.75) is 6.43 Å². The van der Waals surface area contributed by atoms with Crippen molar-refractivity contribution in [3.63, 3.8) is 0 Å². The van der Waals surface area contributed by atoms with Crippen LogP contribution in [-0.2, 0) is 0 Å². The van der Waals surface area contributed by atoms with Gasteiger partial charge in [-0.25, -0.2) is 8.78 Å². The van der Waals surface area contributed by atoms with Gasteiger partial charge < -0.3 is 9.47 Å². The number of ether oxygens (including phenoxy) is 2. The second-order valence-corrected chi connectivity index (χ2v) is 2.71. The van der Waals surface area contributed by atoms with Gasteiger partial charge in [0.1, 0.15) is 6.07 Å². The van der Waals surface area contributed by atoms with Crippen LogP contribution in [0.5, 0.6) is 11.5 Å². The Bertz CT molecular complexity index is 412. The van der Waals surface area contributed by atoms with Gasteiger partial charge >= 0.3 is 0 Å². The van der Waals surface area contributed by atoms with Gasteiger partial charge in [-0.1, -0.05) is 0 Å². The lowest BCUT2D eigenvalue weighted by molar-refractivity contribution is 0.150. The highest BCUT2D eigenvalue weighted by atomic mass is 19.3. The zero-order valence-electron chi connectivity index (χ0n) is 6.96. The van der Waals surface area contributed by atoms with E-state index in [1.165, 1.54) is 6.07 Å². The lowest BCUT2D eigenvalue weighted by atomic mass is 10.1. The summed E-state index contributed by atoms with van der Waals surface area (Å²) < 4.78 is 34.6. The normalized spacial score (nSPS) is 13.0. The third-order valence-electron chi connectivity index (χ3n) is 1.87. The van der Waals surface area contributed by atoms with Crippen molar-refractivity contribution >= 4 is 0 Å². The maximum absolute atomic E-state index is 12.3. The Morgan fingerprint density at radius 2 is 2.14 bits per heavy atom. The Balaban J connectivity index is 2.56. The predicted octanol–water partition coefficient (Wildman–Crippen LogP) is 2.22. The standard InChI is InChI=1S/C9H5F2NO2/c10-9(11)5-1-6(3-12)8-7(2-5)13-4-14-8/h1-2,9H,4H2. The summed E-state index contributed by atoms with van der Waals surface area (Å²) in [6.45, 7) is -0.0310. The van der Waals surface area contributed by atoms with Crippen LogP contribution < -0.4 is 9.47 Å². The zero-order chi connectivity index (χ0) is 10.1. The minimum absolute atomic E-state index is 0.0310. The molecule has 2 rings (SSSR count). The Kier molecular flexibility index (Phi) is 1.97. The molecule has 1 aliphatic heterocycles. The molecule has 0 bridgehead atoms. The van der Waals surface area contributed by atoms with Gasteiger partial charge in [-0.05, 0) is 12.1 Å². The monoisotopic (exact) mass is 197 g/mol. The molecule has 0 saturated carbocycles. The largest absolute Gasteiger partial charge is 0.454 e. The molecular formula is C9H5F2NO2. The molecule has 72 valence electrons. The fourth-order valence-corrected chi connectivity index (χ4v) is 1.24. The maximum atomic E-state index is 12.3. The van der Waals surface area contributed by atoms with Gasteiger partial charge in [0, 0.05) is 5.56 Å². The molecule has 3 nitrogen and oxygen atoms in total. The lowest BCUT2D eigenvalue weighted by Gasteiger charge is -2.02. The van der Waals surface area contributed by atoms with Crippen LogP contribution in [0, 0.1) is 11.3 Å². The Morgan fingerprint density at radius 1 is 1.36 bits per heavy atom. The average molecular weight is 197 g/mol. The molecule has 14 heavy (non-hydrogen) atoms. The Labute approximate surface area is 78.5 Å². The molecule has 0 radical (unpaired) electrons. The van der Waals surface area contributed by atoms with E-state index in [1.807, 2.05) is 0 Å². The lowest BCUT2D eigenvalue weighted by Crippen LogP contribution is -1.93. The fourth-order valence-electron chi connectivity index (χ4n) is 1.24. The molecule has 1 heterocycles. The summed E-state index contributed by atoms with van der Waals surface area (Å²) in [5, 5.41) is 8.68. The van der Waals surface area contributed by atoms with Crippen LogP contribution in [-0.4, -0.2) is 6.79 Å². The van der Waals surface area contributed by atoms with Gasteiger partial charge in [-0.2, -0.15) is 5.26 Å². The number of nitrogens with zero attached hydrogens (tertiary/aromatic N) is 1. The van der Waals surface area contributed by atoms with E-state index in [9.17, 15) is 8.78 Å². The number of benzene rings is 1. The highest BCUT2D eigenvalue weighted by Crippen LogP contribution is 2.38. The molecule has 0 fully saturated rings. The van der Waals surface area contributed by atoms with E-state index in [0.29, 0.717) is 0 Å². The van der Waals surface area contributed by atoms with Crippen LogP contribution in [0.25, 0.3) is 0 Å². The van der Waals surface area contributed by atoms with Crippen molar-refractivity contribution in [1.29, 1.82) is 5.26 Å². The number of alkyl halides is 2. The van der Waals surface area contributed by atoms with Crippen LogP contribution in [0.3, 0.4) is 0 Å². The van der Waals surface area contributed by atoms with Crippen molar-refractivity contribution in [3.05, 3.63) is 23.3 Å². The second kappa shape index (κ2) is 3.14. The van der Waals surface area contributed by atoms with E-state index in [2.05, 4.69) is 0 Å². The minimum atomic E-state index is -2.61. The first-order valence-electron chi connectivity index (χ1n) is 3.84. The molecule has 0 saturated heterocycles. The first-order chi connectivity index (χ1) is 6.72. The first kappa shape index (κ1) is 8.75. The summed E-state index contributed by atoms with van der Waals surface area (Å²) in [5.41, 5.74) is -0.152. The van der Waals surface area contributed by atoms with E-state index in [1.54, 1.807) is 6.07 Å². The van der Waals surface area contributed by atoms with Crippen LogP contribution >= 0.6 is 0 Å². The summed E-state index contributed by atoms with van der Waals surface area (Å²) in [6, 6.07) is 4.08. The number of nitriles is 1. The molecule has 0 atom stereocenters. The first-order valence-corrected chi connectivity index (χ1v) is 3.84. The minimum Gasteiger partial charge on any atom is -0.454 e. The summed E-state index contributed by atoms with van der Waals surface area (Å²) in [5.74, 6) is 0.455. The van der Waals surface area contributed by atoms with Crippen LogP contribution in [0.1, 0.15) is 17.6 Å². The molecule has 0 N–H and O–H groups in total. The third kappa shape index (κ3) is 1.25. The average Bonchev–Trinajstić information content (AvgIpc) is 2.63. The second-order valence-electron chi connectivity index (χ2n) is 2.71. The number of rotatable bonds is 1. The summed E-state index contributed by atoms with van der Waals surface area (Å²) >= 11 is 0. The van der Waals surface area contributed by atoms with Gasteiger partial charge in [-0.3, -0.25) is 0 Å². The maximum Gasteiger partial charge on any atom is 0.264 e. The number of fused-ring (bicyclic) bond motifs is 1. The Morgan fingerprint density at radius 3 is 2.79 bits per heavy atom. The van der Waals surface area contributed by atoms with Crippen LogP contribution in [0.4, 0.5) is 8.78 Å². The number of halogens is 2. The highest BCUT2D eigenvalue weighted by molar-refractivity contribution is 5.56.